The Balaban J connectivity index is 1.54. The van der Waals surface area contributed by atoms with Crippen LogP contribution in [0.15, 0.2) is 29.6 Å². The molecule has 25 heavy (non-hydrogen) atoms. The first-order chi connectivity index (χ1) is 12.0. The Kier molecular flexibility index (Phi) is 5.48. The number of nitrogens with one attached hydrogen (secondary N) is 1. The van der Waals surface area contributed by atoms with Gasteiger partial charge in [0.2, 0.25) is 0 Å². The van der Waals surface area contributed by atoms with Crippen LogP contribution in [-0.4, -0.2) is 29.0 Å². The molecule has 132 valence electrons. The van der Waals surface area contributed by atoms with E-state index in [2.05, 4.69) is 29.4 Å². The standard InChI is InChI=1S/C19H22N2O3S/c1-3-13-4-6-14(7-5-13)19-21-16(11-25-19)10-17(22)24-12(2)18(23)20-15-8-9-15/h4-7,11-12,15H,3,8-10H2,1-2H3,(H,20,23)/t12-/m1/s1. The summed E-state index contributed by atoms with van der Waals surface area (Å²) in [6, 6.07) is 8.53. The van der Waals surface area contributed by atoms with E-state index in [1.165, 1.54) is 16.9 Å². The van der Waals surface area contributed by atoms with Crippen molar-refractivity contribution < 1.29 is 14.3 Å². The second-order valence-corrected chi connectivity index (χ2v) is 7.14. The molecule has 3 rings (SSSR count). The number of hydrogen-bond acceptors (Lipinski definition) is 5. The highest BCUT2D eigenvalue weighted by Crippen LogP contribution is 2.24. The Morgan fingerprint density at radius 3 is 2.68 bits per heavy atom. The summed E-state index contributed by atoms with van der Waals surface area (Å²) < 4.78 is 5.20. The molecule has 1 heterocycles. The molecule has 0 bridgehead atoms. The lowest BCUT2D eigenvalue weighted by molar-refractivity contribution is -0.154. The van der Waals surface area contributed by atoms with E-state index in [0.29, 0.717) is 5.69 Å². The molecular weight excluding hydrogens is 336 g/mol. The fraction of sp³-hybridized carbons (Fsp3) is 0.421. The summed E-state index contributed by atoms with van der Waals surface area (Å²) in [6.45, 7) is 3.71. The number of aryl methyl sites for hydroxylation is 1. The lowest BCUT2D eigenvalue weighted by Gasteiger charge is -2.12. The van der Waals surface area contributed by atoms with Gasteiger partial charge in [-0.1, -0.05) is 31.2 Å². The summed E-state index contributed by atoms with van der Waals surface area (Å²) in [6.07, 6.45) is 2.32. The third-order valence-electron chi connectivity index (χ3n) is 4.09. The van der Waals surface area contributed by atoms with E-state index in [9.17, 15) is 9.59 Å². The summed E-state index contributed by atoms with van der Waals surface area (Å²) in [5, 5.41) is 5.57. The number of thiazole rings is 1. The highest BCUT2D eigenvalue weighted by molar-refractivity contribution is 7.13. The number of ether oxygens (including phenoxy) is 1. The second kappa shape index (κ2) is 7.78. The third kappa shape index (κ3) is 4.89. The number of nitrogens with zero attached hydrogens (tertiary/aromatic N) is 1. The van der Waals surface area contributed by atoms with Crippen LogP contribution in [0.3, 0.4) is 0 Å². The van der Waals surface area contributed by atoms with Crippen LogP contribution in [-0.2, 0) is 27.2 Å². The van der Waals surface area contributed by atoms with E-state index in [0.717, 1.165) is 29.8 Å². The smallest absolute Gasteiger partial charge is 0.312 e. The first kappa shape index (κ1) is 17.6. The van der Waals surface area contributed by atoms with Gasteiger partial charge < -0.3 is 10.1 Å². The van der Waals surface area contributed by atoms with E-state index in [-0.39, 0.29) is 18.4 Å². The summed E-state index contributed by atoms with van der Waals surface area (Å²) >= 11 is 1.50. The molecule has 0 unspecified atom stereocenters. The van der Waals surface area contributed by atoms with Crippen LogP contribution in [0.5, 0.6) is 0 Å². The molecule has 1 aromatic heterocycles. The lowest BCUT2D eigenvalue weighted by Crippen LogP contribution is -2.37. The van der Waals surface area contributed by atoms with Gasteiger partial charge in [0.1, 0.15) is 5.01 Å². The van der Waals surface area contributed by atoms with Gasteiger partial charge in [0.15, 0.2) is 6.10 Å². The third-order valence-corrected chi connectivity index (χ3v) is 5.03. The van der Waals surface area contributed by atoms with Gasteiger partial charge in [0.25, 0.3) is 5.91 Å². The molecule has 1 amide bonds. The number of hydrogen-bond donors (Lipinski definition) is 1. The molecule has 0 aliphatic heterocycles. The van der Waals surface area contributed by atoms with Crippen molar-refractivity contribution in [2.45, 2.75) is 51.7 Å². The lowest BCUT2D eigenvalue weighted by atomic mass is 10.1. The van der Waals surface area contributed by atoms with Crippen LogP contribution >= 0.6 is 11.3 Å². The van der Waals surface area contributed by atoms with Crippen LogP contribution in [0.4, 0.5) is 0 Å². The van der Waals surface area contributed by atoms with Crippen molar-refractivity contribution in [3.05, 3.63) is 40.9 Å². The minimum atomic E-state index is -0.771. The molecule has 0 saturated heterocycles. The number of carbonyl (C=O) groups is 2. The molecule has 2 aromatic rings. The molecule has 1 N–H and O–H groups in total. The zero-order valence-corrected chi connectivity index (χ0v) is 15.3. The summed E-state index contributed by atoms with van der Waals surface area (Å²) in [5.41, 5.74) is 2.99. The first-order valence-corrected chi connectivity index (χ1v) is 9.46. The quantitative estimate of drug-likeness (QED) is 0.772. The Morgan fingerprint density at radius 1 is 1.32 bits per heavy atom. The van der Waals surface area contributed by atoms with Gasteiger partial charge in [-0.25, -0.2) is 4.98 Å². The first-order valence-electron chi connectivity index (χ1n) is 8.58. The van der Waals surface area contributed by atoms with Crippen molar-refractivity contribution in [2.75, 3.05) is 0 Å². The van der Waals surface area contributed by atoms with E-state index in [1.807, 2.05) is 17.5 Å². The minimum absolute atomic E-state index is 0.0740. The molecule has 5 nitrogen and oxygen atoms in total. The zero-order valence-electron chi connectivity index (χ0n) is 14.5. The topological polar surface area (TPSA) is 68.3 Å². The molecule has 1 aromatic carbocycles. The zero-order chi connectivity index (χ0) is 17.8. The molecule has 1 aliphatic carbocycles. The summed E-state index contributed by atoms with van der Waals surface area (Å²) in [5.74, 6) is -0.664. The van der Waals surface area contributed by atoms with Crippen molar-refractivity contribution in [3.8, 4) is 10.6 Å². The van der Waals surface area contributed by atoms with Crippen molar-refractivity contribution >= 4 is 23.2 Å². The van der Waals surface area contributed by atoms with Gasteiger partial charge in [-0.05, 0) is 31.7 Å². The molecule has 1 saturated carbocycles. The SMILES string of the molecule is CCc1ccc(-c2nc(CC(=O)O[C@H](C)C(=O)NC3CC3)cs2)cc1. The highest BCUT2D eigenvalue weighted by Gasteiger charge is 2.27. The van der Waals surface area contributed by atoms with E-state index < -0.39 is 12.1 Å². The molecule has 6 heteroatoms. The van der Waals surface area contributed by atoms with E-state index in [1.54, 1.807) is 6.92 Å². The average Bonchev–Trinajstić information content (AvgIpc) is 3.30. The number of amides is 1. The molecule has 1 fully saturated rings. The predicted molar refractivity (Wildman–Crippen MR) is 97.4 cm³/mol. The van der Waals surface area contributed by atoms with Crippen LogP contribution in [0.2, 0.25) is 0 Å². The minimum Gasteiger partial charge on any atom is -0.452 e. The summed E-state index contributed by atoms with van der Waals surface area (Å²) in [7, 11) is 0. The van der Waals surface area contributed by atoms with Crippen molar-refractivity contribution in [1.29, 1.82) is 0 Å². The monoisotopic (exact) mass is 358 g/mol. The molecule has 1 atom stereocenters. The number of esters is 1. The largest absolute Gasteiger partial charge is 0.452 e. The second-order valence-electron chi connectivity index (χ2n) is 6.29. The predicted octanol–water partition coefficient (Wildman–Crippen LogP) is 3.13. The van der Waals surface area contributed by atoms with Crippen LogP contribution in [0.1, 0.15) is 37.9 Å². The summed E-state index contributed by atoms with van der Waals surface area (Å²) in [4.78, 5) is 28.3. The van der Waals surface area contributed by atoms with Crippen molar-refractivity contribution in [3.63, 3.8) is 0 Å². The number of benzene rings is 1. The van der Waals surface area contributed by atoms with Gasteiger partial charge in [0, 0.05) is 17.0 Å². The van der Waals surface area contributed by atoms with Crippen molar-refractivity contribution in [2.24, 2.45) is 0 Å². The molecule has 1 aliphatic rings. The van der Waals surface area contributed by atoms with E-state index in [4.69, 9.17) is 4.74 Å². The van der Waals surface area contributed by atoms with Gasteiger partial charge in [-0.15, -0.1) is 11.3 Å². The maximum absolute atomic E-state index is 12.0. The fourth-order valence-corrected chi connectivity index (χ4v) is 3.22. The Bertz CT molecular complexity index is 750. The molecule has 0 spiro atoms. The Hall–Kier alpha value is -2.21. The van der Waals surface area contributed by atoms with Crippen LogP contribution in [0, 0.1) is 0 Å². The average molecular weight is 358 g/mol. The normalized spacial score (nSPS) is 14.8. The Morgan fingerprint density at radius 2 is 2.04 bits per heavy atom. The maximum atomic E-state index is 12.0. The van der Waals surface area contributed by atoms with E-state index >= 15 is 0 Å². The van der Waals surface area contributed by atoms with Crippen molar-refractivity contribution in [1.82, 2.24) is 10.3 Å². The van der Waals surface area contributed by atoms with Gasteiger partial charge in [-0.2, -0.15) is 0 Å². The fourth-order valence-electron chi connectivity index (χ4n) is 2.39. The molecular formula is C19H22N2O3S. The highest BCUT2D eigenvalue weighted by atomic mass is 32.1. The van der Waals surface area contributed by atoms with Crippen LogP contribution < -0.4 is 5.32 Å². The molecule has 0 radical (unpaired) electrons. The van der Waals surface area contributed by atoms with Gasteiger partial charge >= 0.3 is 5.97 Å². The van der Waals surface area contributed by atoms with Crippen LogP contribution in [0.25, 0.3) is 10.6 Å². The maximum Gasteiger partial charge on any atom is 0.312 e. The number of rotatable bonds is 7. The number of carbonyl (C=O) groups excluding carboxylic acids is 2. The number of aromatic nitrogens is 1. The van der Waals surface area contributed by atoms with Gasteiger partial charge in [0.05, 0.1) is 12.1 Å². The van der Waals surface area contributed by atoms with Gasteiger partial charge in [-0.3, -0.25) is 9.59 Å². The Labute approximate surface area is 151 Å².